The number of hydrogen-bond acceptors (Lipinski definition) is 3. The second-order valence-corrected chi connectivity index (χ2v) is 5.82. The summed E-state index contributed by atoms with van der Waals surface area (Å²) >= 11 is 11.8. The topological polar surface area (TPSA) is 49.8 Å². The Morgan fingerprint density at radius 1 is 1.45 bits per heavy atom. The van der Waals surface area contributed by atoms with Crippen LogP contribution in [0.3, 0.4) is 0 Å². The molecule has 0 spiro atoms. The number of carboxylic acids is 1. The molecule has 0 radical (unpaired) electrons. The molecule has 0 aliphatic carbocycles. The van der Waals surface area contributed by atoms with Crippen LogP contribution in [0.15, 0.2) is 18.2 Å². The number of rotatable bonds is 6. The first kappa shape index (κ1) is 15.4. The van der Waals surface area contributed by atoms with E-state index in [1.54, 1.807) is 18.2 Å². The van der Waals surface area contributed by atoms with Crippen molar-refractivity contribution in [1.29, 1.82) is 0 Å². The van der Waals surface area contributed by atoms with Crippen LogP contribution in [-0.4, -0.2) is 42.2 Å². The maximum absolute atomic E-state index is 10.7. The standard InChI is InChI=1S/C14H17Cl2NO3/c15-11-1-2-13(12(16)8-11)20-6-5-17-4-3-10(9-17)7-14(18)19/h1-2,8,10H,3-7,9H2,(H,18,19). The van der Waals surface area contributed by atoms with Crippen LogP contribution in [0.5, 0.6) is 5.75 Å². The van der Waals surface area contributed by atoms with Gasteiger partial charge in [0, 0.05) is 24.5 Å². The zero-order valence-corrected chi connectivity index (χ0v) is 12.5. The number of ether oxygens (including phenoxy) is 1. The van der Waals surface area contributed by atoms with Crippen LogP contribution in [0, 0.1) is 5.92 Å². The molecule has 6 heteroatoms. The van der Waals surface area contributed by atoms with Crippen LogP contribution in [0.1, 0.15) is 12.8 Å². The van der Waals surface area contributed by atoms with Gasteiger partial charge in [-0.1, -0.05) is 23.2 Å². The monoisotopic (exact) mass is 317 g/mol. The average Bonchev–Trinajstić information content (AvgIpc) is 2.79. The number of aliphatic carboxylic acids is 1. The highest BCUT2D eigenvalue weighted by Gasteiger charge is 2.24. The average molecular weight is 318 g/mol. The maximum atomic E-state index is 10.7. The molecule has 0 saturated carbocycles. The lowest BCUT2D eigenvalue weighted by Gasteiger charge is -2.16. The van der Waals surface area contributed by atoms with Crippen LogP contribution in [0.4, 0.5) is 0 Å². The van der Waals surface area contributed by atoms with E-state index in [1.807, 2.05) is 0 Å². The molecule has 0 bridgehead atoms. The van der Waals surface area contributed by atoms with Gasteiger partial charge < -0.3 is 9.84 Å². The zero-order valence-electron chi connectivity index (χ0n) is 11.0. The molecular formula is C14H17Cl2NO3. The van der Waals surface area contributed by atoms with Gasteiger partial charge in [-0.3, -0.25) is 9.69 Å². The molecule has 1 aromatic rings. The molecule has 1 fully saturated rings. The van der Waals surface area contributed by atoms with Gasteiger partial charge in [-0.05, 0) is 37.1 Å². The fourth-order valence-electron chi connectivity index (χ4n) is 2.41. The van der Waals surface area contributed by atoms with Crippen LogP contribution in [-0.2, 0) is 4.79 Å². The van der Waals surface area contributed by atoms with Crippen LogP contribution < -0.4 is 4.74 Å². The van der Waals surface area contributed by atoms with Gasteiger partial charge in [0.25, 0.3) is 0 Å². The normalized spacial score (nSPS) is 19.2. The molecule has 20 heavy (non-hydrogen) atoms. The van der Waals surface area contributed by atoms with Crippen molar-refractivity contribution < 1.29 is 14.6 Å². The van der Waals surface area contributed by atoms with E-state index >= 15 is 0 Å². The largest absolute Gasteiger partial charge is 0.491 e. The third kappa shape index (κ3) is 4.54. The van der Waals surface area contributed by atoms with Crippen molar-refractivity contribution in [3.05, 3.63) is 28.2 Å². The van der Waals surface area contributed by atoms with E-state index in [4.69, 9.17) is 33.0 Å². The molecule has 1 aliphatic heterocycles. The molecule has 0 amide bonds. The SMILES string of the molecule is O=C(O)CC1CCN(CCOc2ccc(Cl)cc2Cl)C1. The predicted octanol–water partition coefficient (Wildman–Crippen LogP) is 3.17. The minimum absolute atomic E-state index is 0.250. The van der Waals surface area contributed by atoms with Gasteiger partial charge in [-0.2, -0.15) is 0 Å². The number of hydrogen-bond donors (Lipinski definition) is 1. The molecule has 1 N–H and O–H groups in total. The molecule has 110 valence electrons. The third-order valence-corrected chi connectivity index (χ3v) is 3.92. The maximum Gasteiger partial charge on any atom is 0.303 e. The first-order valence-corrected chi connectivity index (χ1v) is 7.32. The summed E-state index contributed by atoms with van der Waals surface area (Å²) in [6.07, 6.45) is 1.19. The Kier molecular flexibility index (Phi) is 5.52. The Labute approximate surface area is 128 Å². The van der Waals surface area contributed by atoms with E-state index in [1.165, 1.54) is 0 Å². The van der Waals surface area contributed by atoms with E-state index in [0.717, 1.165) is 26.1 Å². The summed E-state index contributed by atoms with van der Waals surface area (Å²) in [6.45, 7) is 3.05. The second-order valence-electron chi connectivity index (χ2n) is 4.98. The highest BCUT2D eigenvalue weighted by atomic mass is 35.5. The van der Waals surface area contributed by atoms with E-state index in [9.17, 15) is 4.79 Å². The Bertz CT molecular complexity index is 481. The van der Waals surface area contributed by atoms with Crippen LogP contribution >= 0.6 is 23.2 Å². The summed E-state index contributed by atoms with van der Waals surface area (Å²) in [6, 6.07) is 5.14. The number of carbonyl (C=O) groups is 1. The molecule has 1 unspecified atom stereocenters. The second kappa shape index (κ2) is 7.16. The van der Waals surface area contributed by atoms with E-state index in [2.05, 4.69) is 4.90 Å². The van der Waals surface area contributed by atoms with Gasteiger partial charge in [0.15, 0.2) is 0 Å². The Balaban J connectivity index is 1.72. The van der Waals surface area contributed by atoms with Crippen molar-refractivity contribution in [3.63, 3.8) is 0 Å². The van der Waals surface area contributed by atoms with E-state index < -0.39 is 5.97 Å². The quantitative estimate of drug-likeness (QED) is 0.875. The minimum atomic E-state index is -0.721. The molecule has 4 nitrogen and oxygen atoms in total. The van der Waals surface area contributed by atoms with Crippen LogP contribution in [0.25, 0.3) is 0 Å². The Morgan fingerprint density at radius 3 is 2.95 bits per heavy atom. The molecule has 1 aliphatic rings. The van der Waals surface area contributed by atoms with Gasteiger partial charge in [-0.25, -0.2) is 0 Å². The van der Waals surface area contributed by atoms with Gasteiger partial charge in [-0.15, -0.1) is 0 Å². The lowest BCUT2D eigenvalue weighted by atomic mass is 10.1. The van der Waals surface area contributed by atoms with Gasteiger partial charge in [0.1, 0.15) is 12.4 Å². The van der Waals surface area contributed by atoms with Crippen LogP contribution in [0.2, 0.25) is 10.0 Å². The highest BCUT2D eigenvalue weighted by molar-refractivity contribution is 6.35. The third-order valence-electron chi connectivity index (χ3n) is 3.39. The predicted molar refractivity (Wildman–Crippen MR) is 78.8 cm³/mol. The Hall–Kier alpha value is -0.970. The molecule has 2 rings (SSSR count). The van der Waals surface area contributed by atoms with Crippen molar-refractivity contribution in [2.24, 2.45) is 5.92 Å². The molecule has 1 atom stereocenters. The molecule has 0 aromatic heterocycles. The van der Waals surface area contributed by atoms with Crippen molar-refractivity contribution in [3.8, 4) is 5.75 Å². The van der Waals surface area contributed by atoms with Gasteiger partial charge in [0.05, 0.1) is 5.02 Å². The summed E-state index contributed by atoms with van der Waals surface area (Å²) in [7, 11) is 0. The number of halogens is 2. The van der Waals surface area contributed by atoms with E-state index in [0.29, 0.717) is 22.4 Å². The fourth-order valence-corrected chi connectivity index (χ4v) is 2.87. The lowest BCUT2D eigenvalue weighted by Crippen LogP contribution is -2.26. The summed E-state index contributed by atoms with van der Waals surface area (Å²) < 4.78 is 5.62. The molecule has 1 aromatic carbocycles. The number of carboxylic acid groups (broad SMARTS) is 1. The van der Waals surface area contributed by atoms with Crippen molar-refractivity contribution in [2.45, 2.75) is 12.8 Å². The number of likely N-dealkylation sites (tertiary alicyclic amines) is 1. The van der Waals surface area contributed by atoms with Gasteiger partial charge in [0.2, 0.25) is 0 Å². The summed E-state index contributed by atoms with van der Waals surface area (Å²) in [5, 5.41) is 9.85. The summed E-state index contributed by atoms with van der Waals surface area (Å²) in [5.41, 5.74) is 0. The number of benzene rings is 1. The molecule has 1 heterocycles. The smallest absolute Gasteiger partial charge is 0.303 e. The molecule has 1 saturated heterocycles. The van der Waals surface area contributed by atoms with Gasteiger partial charge >= 0.3 is 5.97 Å². The zero-order chi connectivity index (χ0) is 14.5. The van der Waals surface area contributed by atoms with Crippen molar-refractivity contribution in [2.75, 3.05) is 26.2 Å². The minimum Gasteiger partial charge on any atom is -0.491 e. The van der Waals surface area contributed by atoms with E-state index in [-0.39, 0.29) is 12.3 Å². The first-order chi connectivity index (χ1) is 9.54. The van der Waals surface area contributed by atoms with Crippen molar-refractivity contribution >= 4 is 29.2 Å². The lowest BCUT2D eigenvalue weighted by molar-refractivity contribution is -0.138. The summed E-state index contributed by atoms with van der Waals surface area (Å²) in [5.74, 6) is 0.157. The fraction of sp³-hybridized carbons (Fsp3) is 0.500. The number of nitrogens with zero attached hydrogens (tertiary/aromatic N) is 1. The van der Waals surface area contributed by atoms with Crippen molar-refractivity contribution in [1.82, 2.24) is 4.90 Å². The summed E-state index contributed by atoms with van der Waals surface area (Å²) in [4.78, 5) is 12.9. The molecular weight excluding hydrogens is 301 g/mol. The Morgan fingerprint density at radius 2 is 2.25 bits per heavy atom. The first-order valence-electron chi connectivity index (χ1n) is 6.56. The highest BCUT2D eigenvalue weighted by Crippen LogP contribution is 2.27.